The quantitative estimate of drug-likeness (QED) is 0.620. The van der Waals surface area contributed by atoms with Gasteiger partial charge < -0.3 is 4.57 Å². The zero-order valence-electron chi connectivity index (χ0n) is 11.6. The fourth-order valence-corrected chi connectivity index (χ4v) is 2.85. The largest absolute Gasteiger partial charge is 0.344 e. The molecule has 0 radical (unpaired) electrons. The molecule has 0 aliphatic carbocycles. The van der Waals surface area contributed by atoms with E-state index in [-0.39, 0.29) is 0 Å². The minimum absolute atomic E-state index is 1.15. The molecular weight excluding hydrogens is 230 g/mol. The summed E-state index contributed by atoms with van der Waals surface area (Å²) >= 11 is 0. The Labute approximate surface area is 114 Å². The van der Waals surface area contributed by atoms with Crippen molar-refractivity contribution in [3.8, 4) is 0 Å². The zero-order chi connectivity index (χ0) is 13.4. The van der Waals surface area contributed by atoms with Gasteiger partial charge in [-0.05, 0) is 35.7 Å². The summed E-state index contributed by atoms with van der Waals surface area (Å²) < 4.78 is 2.29. The molecule has 2 aromatic carbocycles. The zero-order valence-corrected chi connectivity index (χ0v) is 11.6. The Morgan fingerprint density at radius 2 is 1.89 bits per heavy atom. The van der Waals surface area contributed by atoms with E-state index in [9.17, 15) is 0 Å². The van der Waals surface area contributed by atoms with Crippen molar-refractivity contribution in [2.24, 2.45) is 7.05 Å². The summed E-state index contributed by atoms with van der Waals surface area (Å²) in [7, 11) is 2.15. The summed E-state index contributed by atoms with van der Waals surface area (Å²) in [5.41, 5.74) is 5.21. The molecule has 3 aromatic rings. The second kappa shape index (κ2) is 4.58. The van der Waals surface area contributed by atoms with Crippen LogP contribution in [0.2, 0.25) is 0 Å². The lowest BCUT2D eigenvalue weighted by Crippen LogP contribution is -1.88. The molecule has 19 heavy (non-hydrogen) atoms. The molecule has 0 aliphatic heterocycles. The summed E-state index contributed by atoms with van der Waals surface area (Å²) in [5, 5.41) is 2.65. The highest BCUT2D eigenvalue weighted by molar-refractivity contribution is 6.08. The Kier molecular flexibility index (Phi) is 2.90. The number of hydrogen-bond donors (Lipinski definition) is 0. The van der Waals surface area contributed by atoms with Gasteiger partial charge in [-0.15, -0.1) is 0 Å². The molecule has 0 amide bonds. The Hall–Kier alpha value is -2.02. The monoisotopic (exact) mass is 249 g/mol. The molecule has 1 heterocycles. The van der Waals surface area contributed by atoms with Crippen molar-refractivity contribution in [1.82, 2.24) is 4.57 Å². The second-order valence-electron chi connectivity index (χ2n) is 5.14. The van der Waals surface area contributed by atoms with Crippen LogP contribution in [0.4, 0.5) is 0 Å². The van der Waals surface area contributed by atoms with Gasteiger partial charge in [0.2, 0.25) is 0 Å². The molecule has 0 saturated heterocycles. The van der Waals surface area contributed by atoms with E-state index < -0.39 is 0 Å². The summed E-state index contributed by atoms with van der Waals surface area (Å²) in [4.78, 5) is 0. The van der Waals surface area contributed by atoms with Crippen LogP contribution in [-0.4, -0.2) is 4.57 Å². The average Bonchev–Trinajstić information content (AvgIpc) is 2.72. The van der Waals surface area contributed by atoms with Gasteiger partial charge in [0, 0.05) is 28.9 Å². The van der Waals surface area contributed by atoms with Crippen LogP contribution >= 0.6 is 0 Å². The molecule has 0 saturated carbocycles. The third-order valence-electron chi connectivity index (χ3n) is 3.87. The Morgan fingerprint density at radius 1 is 1.05 bits per heavy atom. The fourth-order valence-electron chi connectivity index (χ4n) is 2.85. The summed E-state index contributed by atoms with van der Waals surface area (Å²) in [6.45, 7) is 6.08. The van der Waals surface area contributed by atoms with Gasteiger partial charge in [-0.2, -0.15) is 0 Å². The summed E-state index contributed by atoms with van der Waals surface area (Å²) in [6, 6.07) is 13.4. The minimum atomic E-state index is 1.15. The lowest BCUT2D eigenvalue weighted by Gasteiger charge is -2.01. The topological polar surface area (TPSA) is 4.93 Å². The van der Waals surface area contributed by atoms with Crippen LogP contribution in [0, 0.1) is 0 Å². The van der Waals surface area contributed by atoms with E-state index >= 15 is 0 Å². The second-order valence-corrected chi connectivity index (χ2v) is 5.14. The Bertz CT molecular complexity index is 762. The van der Waals surface area contributed by atoms with Crippen molar-refractivity contribution in [2.75, 3.05) is 0 Å². The van der Waals surface area contributed by atoms with Gasteiger partial charge in [-0.25, -0.2) is 0 Å². The first-order chi connectivity index (χ1) is 9.24. The van der Waals surface area contributed by atoms with Gasteiger partial charge in [-0.3, -0.25) is 0 Å². The van der Waals surface area contributed by atoms with E-state index in [0.717, 1.165) is 6.42 Å². The fraction of sp³-hybridized carbons (Fsp3) is 0.222. The first kappa shape index (κ1) is 12.0. The van der Waals surface area contributed by atoms with Gasteiger partial charge in [0.1, 0.15) is 0 Å². The average molecular weight is 249 g/mol. The van der Waals surface area contributed by atoms with E-state index in [1.165, 1.54) is 39.4 Å². The predicted octanol–water partition coefficient (Wildman–Crippen LogP) is 4.93. The molecule has 0 atom stereocenters. The number of benzene rings is 2. The summed E-state index contributed by atoms with van der Waals surface area (Å²) in [5.74, 6) is 0. The van der Waals surface area contributed by atoms with E-state index in [1.807, 2.05) is 6.08 Å². The van der Waals surface area contributed by atoms with E-state index in [1.54, 1.807) is 0 Å². The van der Waals surface area contributed by atoms with Gasteiger partial charge in [0.25, 0.3) is 0 Å². The third-order valence-corrected chi connectivity index (χ3v) is 3.87. The molecule has 0 fully saturated rings. The van der Waals surface area contributed by atoms with E-state index in [4.69, 9.17) is 0 Å². The standard InChI is InChI=1S/C18H19N/c1-4-6-14-7-9-15-16-11-13(5-2)8-10-17(16)19(3)18(15)12-14/h5,7-12H,2,4,6H2,1,3H3. The molecule has 1 nitrogen and oxygen atoms in total. The molecular formula is C18H19N. The maximum absolute atomic E-state index is 3.86. The van der Waals surface area contributed by atoms with Crippen LogP contribution in [0.3, 0.4) is 0 Å². The van der Waals surface area contributed by atoms with Crippen LogP contribution < -0.4 is 0 Å². The van der Waals surface area contributed by atoms with Gasteiger partial charge in [0.15, 0.2) is 0 Å². The minimum Gasteiger partial charge on any atom is -0.344 e. The maximum atomic E-state index is 3.86. The molecule has 0 bridgehead atoms. The first-order valence-electron chi connectivity index (χ1n) is 6.88. The van der Waals surface area contributed by atoms with Gasteiger partial charge >= 0.3 is 0 Å². The Morgan fingerprint density at radius 3 is 2.63 bits per heavy atom. The predicted molar refractivity (Wildman–Crippen MR) is 84.5 cm³/mol. The molecule has 1 aromatic heterocycles. The molecule has 96 valence electrons. The number of aryl methyl sites for hydroxylation is 2. The summed E-state index contributed by atoms with van der Waals surface area (Å²) in [6.07, 6.45) is 4.25. The van der Waals surface area contributed by atoms with Gasteiger partial charge in [0.05, 0.1) is 0 Å². The first-order valence-corrected chi connectivity index (χ1v) is 6.88. The number of rotatable bonds is 3. The Balaban J connectivity index is 2.35. The SMILES string of the molecule is C=Cc1ccc2c(c1)c1ccc(CCC)cc1n2C. The van der Waals surface area contributed by atoms with Crippen molar-refractivity contribution < 1.29 is 0 Å². The normalized spacial score (nSPS) is 11.3. The highest BCUT2D eigenvalue weighted by atomic mass is 14.9. The van der Waals surface area contributed by atoms with Gasteiger partial charge in [-0.1, -0.05) is 44.2 Å². The van der Waals surface area contributed by atoms with Crippen LogP contribution in [0.5, 0.6) is 0 Å². The van der Waals surface area contributed by atoms with Crippen LogP contribution in [-0.2, 0) is 13.5 Å². The molecule has 0 unspecified atom stereocenters. The molecule has 0 spiro atoms. The van der Waals surface area contributed by atoms with Crippen molar-refractivity contribution >= 4 is 27.9 Å². The lowest BCUT2D eigenvalue weighted by molar-refractivity contribution is 0.920. The van der Waals surface area contributed by atoms with Crippen LogP contribution in [0.25, 0.3) is 27.9 Å². The number of nitrogens with zero attached hydrogens (tertiary/aromatic N) is 1. The highest BCUT2D eigenvalue weighted by Crippen LogP contribution is 2.30. The van der Waals surface area contributed by atoms with Crippen LogP contribution in [0.1, 0.15) is 24.5 Å². The maximum Gasteiger partial charge on any atom is 0.0491 e. The van der Waals surface area contributed by atoms with Crippen LogP contribution in [0.15, 0.2) is 43.0 Å². The van der Waals surface area contributed by atoms with E-state index in [2.05, 4.69) is 61.5 Å². The molecule has 0 aliphatic rings. The van der Waals surface area contributed by atoms with E-state index in [0.29, 0.717) is 0 Å². The molecule has 3 rings (SSSR count). The highest BCUT2D eigenvalue weighted by Gasteiger charge is 2.08. The number of aromatic nitrogens is 1. The molecule has 0 N–H and O–H groups in total. The smallest absolute Gasteiger partial charge is 0.0491 e. The van der Waals surface area contributed by atoms with Crippen molar-refractivity contribution in [2.45, 2.75) is 19.8 Å². The molecule has 1 heteroatoms. The number of fused-ring (bicyclic) bond motifs is 3. The van der Waals surface area contributed by atoms with Crippen molar-refractivity contribution in [3.05, 3.63) is 54.1 Å². The van der Waals surface area contributed by atoms with Crippen molar-refractivity contribution in [1.29, 1.82) is 0 Å². The third kappa shape index (κ3) is 1.86. The number of hydrogen-bond acceptors (Lipinski definition) is 0. The van der Waals surface area contributed by atoms with Crippen molar-refractivity contribution in [3.63, 3.8) is 0 Å². The lowest BCUT2D eigenvalue weighted by atomic mass is 10.1.